The van der Waals surface area contributed by atoms with Crippen LogP contribution in [0.3, 0.4) is 0 Å². The predicted octanol–water partition coefficient (Wildman–Crippen LogP) is 3.75. The van der Waals surface area contributed by atoms with E-state index in [2.05, 4.69) is 22.4 Å². The number of fused-ring (bicyclic) bond motifs is 1. The first-order chi connectivity index (χ1) is 13.2. The van der Waals surface area contributed by atoms with Crippen molar-refractivity contribution in [3.05, 3.63) is 83.4 Å². The van der Waals surface area contributed by atoms with Crippen molar-refractivity contribution in [3.63, 3.8) is 0 Å². The smallest absolute Gasteiger partial charge is 0.251 e. The monoisotopic (exact) mass is 361 g/mol. The van der Waals surface area contributed by atoms with Gasteiger partial charge in [0.05, 0.1) is 19.5 Å². The van der Waals surface area contributed by atoms with Crippen molar-refractivity contribution in [1.82, 2.24) is 14.9 Å². The molecule has 0 spiro atoms. The number of methoxy groups -OCH3 is 1. The van der Waals surface area contributed by atoms with Crippen LogP contribution in [0.15, 0.2) is 61.2 Å². The zero-order valence-electron chi connectivity index (χ0n) is 15.4. The fourth-order valence-electron chi connectivity index (χ4n) is 3.66. The van der Waals surface area contributed by atoms with E-state index in [0.717, 1.165) is 37.1 Å². The minimum atomic E-state index is -0.0298. The standard InChI is InChI=1S/C22H23N3O2/c1-27-19-9-10-20-18(13-19)3-2-4-21(20)24-22(26)17-7-5-16(6-8-17)14-25-12-11-23-15-25/h5-13,15,21H,2-4,14H2,1H3,(H,24,26)/t21-/m0/s1. The summed E-state index contributed by atoms with van der Waals surface area (Å²) >= 11 is 0. The van der Waals surface area contributed by atoms with E-state index in [1.54, 1.807) is 19.6 Å². The molecule has 0 aliphatic heterocycles. The molecule has 0 unspecified atom stereocenters. The molecule has 4 rings (SSSR count). The number of ether oxygens (including phenoxy) is 1. The van der Waals surface area contributed by atoms with E-state index in [9.17, 15) is 4.79 Å². The van der Waals surface area contributed by atoms with Gasteiger partial charge in [-0.15, -0.1) is 0 Å². The summed E-state index contributed by atoms with van der Waals surface area (Å²) in [5, 5.41) is 3.20. The summed E-state index contributed by atoms with van der Waals surface area (Å²) in [6.07, 6.45) is 8.53. The van der Waals surface area contributed by atoms with Crippen LogP contribution in [0.1, 0.15) is 45.9 Å². The highest BCUT2D eigenvalue weighted by Gasteiger charge is 2.22. The van der Waals surface area contributed by atoms with E-state index in [1.807, 2.05) is 41.1 Å². The summed E-state index contributed by atoms with van der Waals surface area (Å²) in [6, 6.07) is 13.9. The largest absolute Gasteiger partial charge is 0.497 e. The summed E-state index contributed by atoms with van der Waals surface area (Å²) in [5.41, 5.74) is 4.29. The molecule has 5 nitrogen and oxygen atoms in total. The number of carbonyl (C=O) groups excluding carboxylic acids is 1. The average molecular weight is 361 g/mol. The molecular formula is C22H23N3O2. The molecule has 1 aromatic heterocycles. The Morgan fingerprint density at radius 3 is 2.85 bits per heavy atom. The Labute approximate surface area is 159 Å². The van der Waals surface area contributed by atoms with Gasteiger partial charge in [0.25, 0.3) is 5.91 Å². The van der Waals surface area contributed by atoms with Crippen LogP contribution < -0.4 is 10.1 Å². The molecule has 0 bridgehead atoms. The second-order valence-corrected chi connectivity index (χ2v) is 6.91. The van der Waals surface area contributed by atoms with Crippen molar-refractivity contribution in [2.75, 3.05) is 7.11 Å². The Morgan fingerprint density at radius 1 is 1.26 bits per heavy atom. The molecule has 0 fully saturated rings. The third-order valence-corrected chi connectivity index (χ3v) is 5.11. The second-order valence-electron chi connectivity index (χ2n) is 6.91. The summed E-state index contributed by atoms with van der Waals surface area (Å²) in [7, 11) is 1.68. The van der Waals surface area contributed by atoms with Crippen molar-refractivity contribution < 1.29 is 9.53 Å². The fourth-order valence-corrected chi connectivity index (χ4v) is 3.66. The van der Waals surface area contributed by atoms with Crippen molar-refractivity contribution in [3.8, 4) is 5.75 Å². The van der Waals surface area contributed by atoms with Crippen molar-refractivity contribution in [2.45, 2.75) is 31.8 Å². The second kappa shape index (κ2) is 7.66. The Hall–Kier alpha value is -3.08. The number of benzene rings is 2. The fraction of sp³-hybridized carbons (Fsp3) is 0.273. The van der Waals surface area contributed by atoms with Crippen LogP contribution in [0.5, 0.6) is 5.75 Å². The Kier molecular flexibility index (Phi) is 4.92. The average Bonchev–Trinajstić information content (AvgIpc) is 3.21. The quantitative estimate of drug-likeness (QED) is 0.753. The van der Waals surface area contributed by atoms with E-state index in [1.165, 1.54) is 11.1 Å². The zero-order valence-corrected chi connectivity index (χ0v) is 15.4. The van der Waals surface area contributed by atoms with Gasteiger partial charge in [0, 0.05) is 24.5 Å². The van der Waals surface area contributed by atoms with Gasteiger partial charge in [0.2, 0.25) is 0 Å². The van der Waals surface area contributed by atoms with Gasteiger partial charge in [0.15, 0.2) is 0 Å². The highest BCUT2D eigenvalue weighted by molar-refractivity contribution is 5.94. The van der Waals surface area contributed by atoms with Gasteiger partial charge in [-0.3, -0.25) is 4.79 Å². The minimum Gasteiger partial charge on any atom is -0.497 e. The minimum absolute atomic E-state index is 0.0298. The Bertz CT molecular complexity index is 917. The van der Waals surface area contributed by atoms with Crippen LogP contribution in [0.4, 0.5) is 0 Å². The maximum Gasteiger partial charge on any atom is 0.251 e. The van der Waals surface area contributed by atoms with Crippen molar-refractivity contribution in [2.24, 2.45) is 0 Å². The highest BCUT2D eigenvalue weighted by atomic mass is 16.5. The lowest BCUT2D eigenvalue weighted by Crippen LogP contribution is -2.31. The molecule has 2 aromatic carbocycles. The maximum atomic E-state index is 12.7. The Morgan fingerprint density at radius 2 is 2.11 bits per heavy atom. The molecule has 1 N–H and O–H groups in total. The molecule has 0 saturated carbocycles. The normalized spacial score (nSPS) is 15.8. The lowest BCUT2D eigenvalue weighted by Gasteiger charge is -2.27. The molecule has 1 aliphatic carbocycles. The molecule has 27 heavy (non-hydrogen) atoms. The lowest BCUT2D eigenvalue weighted by atomic mass is 9.87. The van der Waals surface area contributed by atoms with E-state index in [4.69, 9.17) is 4.74 Å². The topological polar surface area (TPSA) is 56.1 Å². The highest BCUT2D eigenvalue weighted by Crippen LogP contribution is 2.32. The maximum absolute atomic E-state index is 12.7. The first-order valence-electron chi connectivity index (χ1n) is 9.25. The van der Waals surface area contributed by atoms with Gasteiger partial charge in [-0.1, -0.05) is 18.2 Å². The number of hydrogen-bond donors (Lipinski definition) is 1. The molecule has 0 radical (unpaired) electrons. The van der Waals surface area contributed by atoms with E-state index >= 15 is 0 Å². The van der Waals surface area contributed by atoms with Gasteiger partial charge in [-0.25, -0.2) is 4.98 Å². The molecule has 1 aliphatic rings. The van der Waals surface area contributed by atoms with Gasteiger partial charge < -0.3 is 14.6 Å². The van der Waals surface area contributed by atoms with Crippen molar-refractivity contribution in [1.29, 1.82) is 0 Å². The van der Waals surface area contributed by atoms with E-state index in [-0.39, 0.29) is 11.9 Å². The van der Waals surface area contributed by atoms with Crippen LogP contribution >= 0.6 is 0 Å². The molecule has 1 amide bonds. The zero-order chi connectivity index (χ0) is 18.6. The Balaban J connectivity index is 1.45. The molecule has 5 heteroatoms. The summed E-state index contributed by atoms with van der Waals surface area (Å²) in [4.78, 5) is 16.8. The van der Waals surface area contributed by atoms with Crippen LogP contribution in [0.2, 0.25) is 0 Å². The number of nitrogens with one attached hydrogen (secondary N) is 1. The van der Waals surface area contributed by atoms with Gasteiger partial charge >= 0.3 is 0 Å². The summed E-state index contributed by atoms with van der Waals surface area (Å²) < 4.78 is 7.32. The van der Waals surface area contributed by atoms with E-state index < -0.39 is 0 Å². The van der Waals surface area contributed by atoms with Crippen LogP contribution in [-0.2, 0) is 13.0 Å². The molecule has 3 aromatic rings. The number of nitrogens with zero attached hydrogens (tertiary/aromatic N) is 2. The summed E-state index contributed by atoms with van der Waals surface area (Å²) in [5.74, 6) is 0.840. The molecular weight excluding hydrogens is 338 g/mol. The number of aromatic nitrogens is 2. The number of aryl methyl sites for hydroxylation is 1. The van der Waals surface area contributed by atoms with E-state index in [0.29, 0.717) is 5.56 Å². The number of rotatable bonds is 5. The van der Waals surface area contributed by atoms with Gasteiger partial charge in [-0.05, 0) is 60.2 Å². The summed E-state index contributed by atoms with van der Waals surface area (Å²) in [6.45, 7) is 0.750. The van der Waals surface area contributed by atoms with Gasteiger partial charge in [0.1, 0.15) is 5.75 Å². The lowest BCUT2D eigenvalue weighted by molar-refractivity contribution is 0.0932. The first-order valence-corrected chi connectivity index (χ1v) is 9.25. The molecule has 1 heterocycles. The van der Waals surface area contributed by atoms with Crippen molar-refractivity contribution >= 4 is 5.91 Å². The molecule has 1 atom stereocenters. The molecule has 0 saturated heterocycles. The predicted molar refractivity (Wildman–Crippen MR) is 104 cm³/mol. The number of imidazole rings is 1. The van der Waals surface area contributed by atoms with Crippen LogP contribution in [-0.4, -0.2) is 22.6 Å². The first kappa shape index (κ1) is 17.3. The third kappa shape index (κ3) is 3.87. The van der Waals surface area contributed by atoms with Crippen LogP contribution in [0, 0.1) is 0 Å². The molecule has 138 valence electrons. The SMILES string of the molecule is COc1ccc2c(c1)CCC[C@@H]2NC(=O)c1ccc(Cn2ccnc2)cc1. The number of carbonyl (C=O) groups is 1. The third-order valence-electron chi connectivity index (χ3n) is 5.11. The van der Waals surface area contributed by atoms with Crippen LogP contribution in [0.25, 0.3) is 0 Å². The number of amides is 1. The number of hydrogen-bond acceptors (Lipinski definition) is 3. The van der Waals surface area contributed by atoms with Gasteiger partial charge in [-0.2, -0.15) is 0 Å².